The monoisotopic (exact) mass is 258 g/mol. The second-order valence-electron chi connectivity index (χ2n) is 4.27. The highest BCUT2D eigenvalue weighted by molar-refractivity contribution is 5.42. The number of anilines is 3. The number of rotatable bonds is 5. The minimum atomic E-state index is 0.550. The molecule has 0 atom stereocenters. The van der Waals surface area contributed by atoms with Crippen LogP contribution in [0.15, 0.2) is 30.3 Å². The van der Waals surface area contributed by atoms with E-state index in [9.17, 15) is 0 Å². The average Bonchev–Trinajstić information content (AvgIpc) is 2.45. The van der Waals surface area contributed by atoms with Crippen LogP contribution < -0.4 is 15.5 Å². The van der Waals surface area contributed by atoms with Crippen LogP contribution in [0.2, 0.25) is 0 Å². The molecule has 1 heterocycles. The Morgan fingerprint density at radius 1 is 1.00 bits per heavy atom. The molecule has 2 aromatic rings. The molecule has 0 aliphatic rings. The number of hydrogen-bond acceptors (Lipinski definition) is 6. The highest BCUT2D eigenvalue weighted by atomic mass is 15.3. The van der Waals surface area contributed by atoms with Crippen molar-refractivity contribution in [3.63, 3.8) is 0 Å². The van der Waals surface area contributed by atoms with E-state index in [4.69, 9.17) is 0 Å². The SMILES string of the molecule is CNc1nc(NCc2ccccc2)nc(N(C)C)n1. The Kier molecular flexibility index (Phi) is 4.12. The van der Waals surface area contributed by atoms with Gasteiger partial charge in [-0.15, -0.1) is 0 Å². The fraction of sp³-hybridized carbons (Fsp3) is 0.308. The van der Waals surface area contributed by atoms with Crippen molar-refractivity contribution in [2.75, 3.05) is 36.7 Å². The van der Waals surface area contributed by atoms with Crippen LogP contribution in [0.3, 0.4) is 0 Å². The molecule has 19 heavy (non-hydrogen) atoms. The second-order valence-corrected chi connectivity index (χ2v) is 4.27. The van der Waals surface area contributed by atoms with E-state index in [2.05, 4.69) is 37.7 Å². The molecule has 2 rings (SSSR count). The molecular formula is C13H18N6. The smallest absolute Gasteiger partial charge is 0.231 e. The molecule has 0 saturated heterocycles. The quantitative estimate of drug-likeness (QED) is 0.849. The molecule has 0 fully saturated rings. The number of hydrogen-bond donors (Lipinski definition) is 2. The first-order valence-corrected chi connectivity index (χ1v) is 6.08. The fourth-order valence-corrected chi connectivity index (χ4v) is 1.53. The molecule has 6 heteroatoms. The Labute approximate surface area is 112 Å². The molecule has 6 nitrogen and oxygen atoms in total. The third kappa shape index (κ3) is 3.54. The summed E-state index contributed by atoms with van der Waals surface area (Å²) in [6.07, 6.45) is 0. The van der Waals surface area contributed by atoms with E-state index < -0.39 is 0 Å². The van der Waals surface area contributed by atoms with Gasteiger partial charge in [0, 0.05) is 27.7 Å². The van der Waals surface area contributed by atoms with Gasteiger partial charge in [0.2, 0.25) is 17.8 Å². The highest BCUT2D eigenvalue weighted by Crippen LogP contribution is 2.11. The van der Waals surface area contributed by atoms with Gasteiger partial charge in [0.15, 0.2) is 0 Å². The van der Waals surface area contributed by atoms with Gasteiger partial charge in [-0.25, -0.2) is 0 Å². The van der Waals surface area contributed by atoms with Crippen molar-refractivity contribution in [3.05, 3.63) is 35.9 Å². The Hall–Kier alpha value is -2.37. The van der Waals surface area contributed by atoms with Crippen molar-refractivity contribution in [3.8, 4) is 0 Å². The Balaban J connectivity index is 2.13. The van der Waals surface area contributed by atoms with Crippen molar-refractivity contribution in [2.24, 2.45) is 0 Å². The van der Waals surface area contributed by atoms with E-state index in [-0.39, 0.29) is 0 Å². The van der Waals surface area contributed by atoms with Crippen molar-refractivity contribution in [2.45, 2.75) is 6.54 Å². The van der Waals surface area contributed by atoms with E-state index in [0.29, 0.717) is 24.4 Å². The number of nitrogens with one attached hydrogen (secondary N) is 2. The summed E-state index contributed by atoms with van der Waals surface area (Å²) in [5.74, 6) is 1.73. The van der Waals surface area contributed by atoms with Gasteiger partial charge >= 0.3 is 0 Å². The Morgan fingerprint density at radius 2 is 1.68 bits per heavy atom. The molecule has 0 spiro atoms. The molecule has 1 aromatic heterocycles. The zero-order valence-electron chi connectivity index (χ0n) is 11.4. The summed E-state index contributed by atoms with van der Waals surface area (Å²) < 4.78 is 0. The number of nitrogens with zero attached hydrogens (tertiary/aromatic N) is 4. The predicted molar refractivity (Wildman–Crippen MR) is 77.5 cm³/mol. The molecule has 0 unspecified atom stereocenters. The molecule has 0 aliphatic carbocycles. The van der Waals surface area contributed by atoms with Crippen molar-refractivity contribution >= 4 is 17.8 Å². The van der Waals surface area contributed by atoms with Gasteiger partial charge in [-0.2, -0.15) is 15.0 Å². The van der Waals surface area contributed by atoms with Gasteiger partial charge in [0.05, 0.1) is 0 Å². The first-order valence-electron chi connectivity index (χ1n) is 6.08. The minimum absolute atomic E-state index is 0.550. The lowest BCUT2D eigenvalue weighted by atomic mass is 10.2. The Bertz CT molecular complexity index is 526. The van der Waals surface area contributed by atoms with Gasteiger partial charge in [-0.3, -0.25) is 0 Å². The maximum atomic E-state index is 4.35. The third-order valence-corrected chi connectivity index (χ3v) is 2.54. The lowest BCUT2D eigenvalue weighted by Crippen LogP contribution is -2.16. The standard InChI is InChI=1S/C13H18N6/c1-14-11-16-12(18-13(17-11)19(2)3)15-9-10-7-5-4-6-8-10/h4-8H,9H2,1-3H3,(H2,14,15,16,17,18). The van der Waals surface area contributed by atoms with Crippen LogP contribution in [-0.2, 0) is 6.54 Å². The fourth-order valence-electron chi connectivity index (χ4n) is 1.53. The Morgan fingerprint density at radius 3 is 2.32 bits per heavy atom. The van der Waals surface area contributed by atoms with Crippen LogP contribution in [0.1, 0.15) is 5.56 Å². The summed E-state index contributed by atoms with van der Waals surface area (Å²) in [5, 5.41) is 6.13. The summed E-state index contributed by atoms with van der Waals surface area (Å²) in [5.41, 5.74) is 1.18. The van der Waals surface area contributed by atoms with E-state index >= 15 is 0 Å². The molecule has 0 radical (unpaired) electrons. The van der Waals surface area contributed by atoms with Crippen LogP contribution in [0, 0.1) is 0 Å². The van der Waals surface area contributed by atoms with E-state index in [1.54, 1.807) is 7.05 Å². The van der Waals surface area contributed by atoms with E-state index in [1.807, 2.05) is 37.2 Å². The van der Waals surface area contributed by atoms with Gasteiger partial charge in [-0.1, -0.05) is 30.3 Å². The summed E-state index contributed by atoms with van der Waals surface area (Å²) in [4.78, 5) is 14.7. The summed E-state index contributed by atoms with van der Waals surface area (Å²) in [7, 11) is 5.58. The normalized spacial score (nSPS) is 10.1. The van der Waals surface area contributed by atoms with Crippen LogP contribution in [-0.4, -0.2) is 36.1 Å². The van der Waals surface area contributed by atoms with Crippen molar-refractivity contribution in [1.29, 1.82) is 0 Å². The van der Waals surface area contributed by atoms with Gasteiger partial charge in [0.25, 0.3) is 0 Å². The lowest BCUT2D eigenvalue weighted by molar-refractivity contribution is 0.944. The maximum Gasteiger partial charge on any atom is 0.231 e. The average molecular weight is 258 g/mol. The van der Waals surface area contributed by atoms with E-state index in [1.165, 1.54) is 5.56 Å². The van der Waals surface area contributed by atoms with Crippen molar-refractivity contribution < 1.29 is 0 Å². The summed E-state index contributed by atoms with van der Waals surface area (Å²) in [6.45, 7) is 0.681. The van der Waals surface area contributed by atoms with Gasteiger partial charge in [0.1, 0.15) is 0 Å². The predicted octanol–water partition coefficient (Wildman–Crippen LogP) is 1.59. The topological polar surface area (TPSA) is 66.0 Å². The zero-order chi connectivity index (χ0) is 13.7. The minimum Gasteiger partial charge on any atom is -0.357 e. The third-order valence-electron chi connectivity index (χ3n) is 2.54. The highest BCUT2D eigenvalue weighted by Gasteiger charge is 2.06. The zero-order valence-corrected chi connectivity index (χ0v) is 11.4. The van der Waals surface area contributed by atoms with E-state index in [0.717, 1.165) is 0 Å². The first-order chi connectivity index (χ1) is 9.19. The van der Waals surface area contributed by atoms with Crippen LogP contribution in [0.25, 0.3) is 0 Å². The van der Waals surface area contributed by atoms with Gasteiger partial charge < -0.3 is 15.5 Å². The number of aromatic nitrogens is 3. The molecule has 100 valence electrons. The summed E-state index contributed by atoms with van der Waals surface area (Å²) >= 11 is 0. The number of benzene rings is 1. The molecule has 0 amide bonds. The molecule has 0 saturated carbocycles. The van der Waals surface area contributed by atoms with Crippen LogP contribution in [0.5, 0.6) is 0 Å². The first kappa shape index (κ1) is 13.1. The lowest BCUT2D eigenvalue weighted by Gasteiger charge is -2.13. The molecule has 2 N–H and O–H groups in total. The molecular weight excluding hydrogens is 240 g/mol. The van der Waals surface area contributed by atoms with Gasteiger partial charge in [-0.05, 0) is 5.56 Å². The molecule has 1 aromatic carbocycles. The molecule has 0 bridgehead atoms. The van der Waals surface area contributed by atoms with Crippen LogP contribution >= 0.6 is 0 Å². The summed E-state index contributed by atoms with van der Waals surface area (Å²) in [6, 6.07) is 10.1. The molecule has 0 aliphatic heterocycles. The van der Waals surface area contributed by atoms with Crippen molar-refractivity contribution in [1.82, 2.24) is 15.0 Å². The second kappa shape index (κ2) is 5.99. The van der Waals surface area contributed by atoms with Crippen LogP contribution in [0.4, 0.5) is 17.8 Å². The largest absolute Gasteiger partial charge is 0.357 e. The maximum absolute atomic E-state index is 4.35.